The number of H-pyrrole nitrogens is 1. The van der Waals surface area contributed by atoms with E-state index >= 15 is 0 Å². The molecule has 1 aromatic carbocycles. The Labute approximate surface area is 126 Å². The highest BCUT2D eigenvalue weighted by Crippen LogP contribution is 2.35. The van der Waals surface area contributed by atoms with E-state index in [1.165, 1.54) is 6.20 Å². The van der Waals surface area contributed by atoms with Crippen molar-refractivity contribution in [3.63, 3.8) is 0 Å². The number of hydrogen-bond donors (Lipinski definition) is 2. The molecule has 6 nitrogen and oxygen atoms in total. The quantitative estimate of drug-likeness (QED) is 0.905. The highest BCUT2D eigenvalue weighted by atomic mass is 35.5. The number of halogens is 1. The molecule has 3 rings (SSSR count). The molecule has 0 amide bonds. The Bertz CT molecular complexity index is 717. The lowest BCUT2D eigenvalue weighted by molar-refractivity contribution is 0.256. The molecule has 21 heavy (non-hydrogen) atoms. The van der Waals surface area contributed by atoms with Gasteiger partial charge in [-0.1, -0.05) is 23.7 Å². The molecule has 110 valence electrons. The van der Waals surface area contributed by atoms with Crippen molar-refractivity contribution in [3.8, 4) is 11.5 Å². The van der Waals surface area contributed by atoms with Crippen molar-refractivity contribution in [2.24, 2.45) is 0 Å². The van der Waals surface area contributed by atoms with Crippen LogP contribution in [0.3, 0.4) is 0 Å². The number of hydrogen-bond acceptors (Lipinski definition) is 5. The average Bonchev–Trinajstić information content (AvgIpc) is 2.51. The van der Waals surface area contributed by atoms with Gasteiger partial charge in [-0.05, 0) is 12.5 Å². The number of para-hydroxylation sites is 1. The number of ether oxygens (including phenoxy) is 2. The van der Waals surface area contributed by atoms with Crippen LogP contribution >= 0.6 is 11.6 Å². The van der Waals surface area contributed by atoms with Crippen LogP contribution < -0.4 is 20.3 Å². The van der Waals surface area contributed by atoms with Gasteiger partial charge < -0.3 is 14.8 Å². The summed E-state index contributed by atoms with van der Waals surface area (Å²) in [4.78, 5) is 11.4. The zero-order chi connectivity index (χ0) is 14.8. The zero-order valence-electron chi connectivity index (χ0n) is 11.4. The van der Waals surface area contributed by atoms with Crippen LogP contribution in [-0.2, 0) is 6.42 Å². The monoisotopic (exact) mass is 307 g/mol. The van der Waals surface area contributed by atoms with Gasteiger partial charge in [0.05, 0.1) is 25.0 Å². The molecule has 1 atom stereocenters. The van der Waals surface area contributed by atoms with Gasteiger partial charge >= 0.3 is 0 Å². The van der Waals surface area contributed by atoms with E-state index in [2.05, 4.69) is 15.5 Å². The molecule has 1 aliphatic heterocycles. The van der Waals surface area contributed by atoms with Gasteiger partial charge in [-0.3, -0.25) is 4.79 Å². The van der Waals surface area contributed by atoms with Crippen LogP contribution in [0.2, 0.25) is 5.02 Å². The van der Waals surface area contributed by atoms with Crippen molar-refractivity contribution in [3.05, 3.63) is 45.3 Å². The second-order valence-electron chi connectivity index (χ2n) is 4.73. The molecule has 0 radical (unpaired) electrons. The van der Waals surface area contributed by atoms with Gasteiger partial charge in [0.2, 0.25) is 0 Å². The summed E-state index contributed by atoms with van der Waals surface area (Å²) < 4.78 is 11.0. The number of rotatable bonds is 3. The van der Waals surface area contributed by atoms with E-state index in [0.29, 0.717) is 12.3 Å². The van der Waals surface area contributed by atoms with Crippen molar-refractivity contribution < 1.29 is 9.47 Å². The van der Waals surface area contributed by atoms with Crippen molar-refractivity contribution in [1.29, 1.82) is 0 Å². The fourth-order valence-corrected chi connectivity index (χ4v) is 2.50. The maximum Gasteiger partial charge on any atom is 0.285 e. The van der Waals surface area contributed by atoms with Crippen molar-refractivity contribution in [2.75, 3.05) is 19.0 Å². The largest absolute Gasteiger partial charge is 0.493 e. The van der Waals surface area contributed by atoms with Gasteiger partial charge in [0.25, 0.3) is 5.56 Å². The van der Waals surface area contributed by atoms with Crippen LogP contribution in [-0.4, -0.2) is 30.0 Å². The van der Waals surface area contributed by atoms with Crippen molar-refractivity contribution in [1.82, 2.24) is 10.2 Å². The average molecular weight is 308 g/mol. The second-order valence-corrected chi connectivity index (χ2v) is 5.11. The van der Waals surface area contributed by atoms with Gasteiger partial charge in [-0.15, -0.1) is 0 Å². The first-order chi connectivity index (χ1) is 10.2. The van der Waals surface area contributed by atoms with Crippen molar-refractivity contribution >= 4 is 17.3 Å². The SMILES string of the molecule is COc1cccc2c1OC[C@@H](Nc1cn[nH]c(=O)c1Cl)C2. The first-order valence-corrected chi connectivity index (χ1v) is 6.85. The summed E-state index contributed by atoms with van der Waals surface area (Å²) in [5.41, 5.74) is 1.13. The Hall–Kier alpha value is -2.21. The smallest absolute Gasteiger partial charge is 0.285 e. The maximum absolute atomic E-state index is 11.4. The van der Waals surface area contributed by atoms with Crippen LogP contribution in [0.25, 0.3) is 0 Å². The Kier molecular flexibility index (Phi) is 3.70. The molecule has 0 spiro atoms. The summed E-state index contributed by atoms with van der Waals surface area (Å²) in [6, 6.07) is 5.78. The van der Waals surface area contributed by atoms with Gasteiger partial charge in [0, 0.05) is 5.56 Å². The second kappa shape index (κ2) is 5.65. The molecule has 0 aliphatic carbocycles. The lowest BCUT2D eigenvalue weighted by Crippen LogP contribution is -2.33. The van der Waals surface area contributed by atoms with Crippen LogP contribution in [0.5, 0.6) is 11.5 Å². The summed E-state index contributed by atoms with van der Waals surface area (Å²) >= 11 is 5.95. The topological polar surface area (TPSA) is 76.2 Å². The first-order valence-electron chi connectivity index (χ1n) is 6.47. The summed E-state index contributed by atoms with van der Waals surface area (Å²) in [5, 5.41) is 9.31. The zero-order valence-corrected chi connectivity index (χ0v) is 12.1. The molecule has 0 bridgehead atoms. The summed E-state index contributed by atoms with van der Waals surface area (Å²) in [7, 11) is 1.62. The van der Waals surface area contributed by atoms with Crippen LogP contribution in [0.1, 0.15) is 5.56 Å². The standard InChI is InChI=1S/C14H14ClN3O3/c1-20-11-4-2-3-8-5-9(7-21-13(8)11)17-10-6-16-18-14(19)12(10)15/h2-4,6,9H,5,7H2,1H3,(H2,17,18,19)/t9-/m0/s1. The molecule has 2 heterocycles. The Morgan fingerprint density at radius 1 is 1.52 bits per heavy atom. The van der Waals surface area contributed by atoms with Crippen LogP contribution in [0.4, 0.5) is 5.69 Å². The maximum atomic E-state index is 11.4. The fourth-order valence-electron chi connectivity index (χ4n) is 2.35. The lowest BCUT2D eigenvalue weighted by Gasteiger charge is -2.27. The molecule has 1 aliphatic rings. The Morgan fingerprint density at radius 2 is 2.38 bits per heavy atom. The third kappa shape index (κ3) is 2.67. The minimum atomic E-state index is -0.416. The third-order valence-corrected chi connectivity index (χ3v) is 3.71. The number of aromatic amines is 1. The number of anilines is 1. The third-order valence-electron chi connectivity index (χ3n) is 3.33. The van der Waals surface area contributed by atoms with E-state index < -0.39 is 5.56 Å². The van der Waals surface area contributed by atoms with E-state index in [1.54, 1.807) is 7.11 Å². The van der Waals surface area contributed by atoms with E-state index in [1.807, 2.05) is 18.2 Å². The van der Waals surface area contributed by atoms with E-state index in [9.17, 15) is 4.79 Å². The summed E-state index contributed by atoms with van der Waals surface area (Å²) in [5.74, 6) is 1.50. The van der Waals surface area contributed by atoms with Crippen LogP contribution in [0.15, 0.2) is 29.2 Å². The first kappa shape index (κ1) is 13.8. The molecule has 2 N–H and O–H groups in total. The minimum Gasteiger partial charge on any atom is -0.493 e. The summed E-state index contributed by atoms with van der Waals surface area (Å²) in [6.45, 7) is 0.455. The molecule has 0 saturated carbocycles. The molecule has 0 unspecified atom stereocenters. The minimum absolute atomic E-state index is 0.00528. The number of methoxy groups -OCH3 is 1. The molecule has 0 saturated heterocycles. The number of nitrogens with one attached hydrogen (secondary N) is 2. The molecular weight excluding hydrogens is 294 g/mol. The van der Waals surface area contributed by atoms with E-state index in [0.717, 1.165) is 23.5 Å². The van der Waals surface area contributed by atoms with Crippen molar-refractivity contribution in [2.45, 2.75) is 12.5 Å². The van der Waals surface area contributed by atoms with Gasteiger partial charge in [0.15, 0.2) is 11.5 Å². The van der Waals surface area contributed by atoms with Gasteiger partial charge in [-0.2, -0.15) is 5.10 Å². The van der Waals surface area contributed by atoms with E-state index in [-0.39, 0.29) is 11.1 Å². The van der Waals surface area contributed by atoms with E-state index in [4.69, 9.17) is 21.1 Å². The fraction of sp³-hybridized carbons (Fsp3) is 0.286. The molecule has 1 aromatic heterocycles. The Morgan fingerprint density at radius 3 is 3.19 bits per heavy atom. The summed E-state index contributed by atoms with van der Waals surface area (Å²) in [6.07, 6.45) is 2.24. The molecule has 2 aromatic rings. The molecule has 7 heteroatoms. The number of nitrogens with zero attached hydrogens (tertiary/aromatic N) is 1. The number of benzene rings is 1. The molecular formula is C14H14ClN3O3. The predicted molar refractivity (Wildman–Crippen MR) is 79.5 cm³/mol. The Balaban J connectivity index is 1.81. The highest BCUT2D eigenvalue weighted by molar-refractivity contribution is 6.32. The highest BCUT2D eigenvalue weighted by Gasteiger charge is 2.23. The number of aromatic nitrogens is 2. The normalized spacial score (nSPS) is 16.8. The number of fused-ring (bicyclic) bond motifs is 1. The van der Waals surface area contributed by atoms with Gasteiger partial charge in [0.1, 0.15) is 11.6 Å². The predicted octanol–water partition coefficient (Wildman–Crippen LogP) is 1.85. The van der Waals surface area contributed by atoms with Gasteiger partial charge in [-0.25, -0.2) is 5.10 Å². The lowest BCUT2D eigenvalue weighted by atomic mass is 10.0. The van der Waals surface area contributed by atoms with Crippen LogP contribution in [0, 0.1) is 0 Å². The molecule has 0 fully saturated rings.